The molecule has 0 bridgehead atoms. The first-order valence-electron chi connectivity index (χ1n) is 6.14. The fraction of sp³-hybridized carbons (Fsp3) is 0.692. The first-order valence-corrected chi connectivity index (χ1v) is 6.14. The zero-order valence-corrected chi connectivity index (χ0v) is 9.93. The molecule has 1 unspecified atom stereocenters. The van der Waals surface area contributed by atoms with E-state index in [1.54, 1.807) is 7.11 Å². The Labute approximate surface area is 97.0 Å². The molecule has 1 aliphatic carbocycles. The van der Waals surface area contributed by atoms with E-state index < -0.39 is 0 Å². The average Bonchev–Trinajstić information content (AvgIpc) is 3.03. The van der Waals surface area contributed by atoms with Crippen LogP contribution in [0.15, 0.2) is 18.5 Å². The van der Waals surface area contributed by atoms with Crippen molar-refractivity contribution in [1.29, 1.82) is 0 Å². The molecule has 1 fully saturated rings. The van der Waals surface area contributed by atoms with Crippen LogP contribution in [0.5, 0.6) is 0 Å². The lowest BCUT2D eigenvalue weighted by Gasteiger charge is -2.06. The average molecular weight is 223 g/mol. The number of hydrogen-bond acceptors (Lipinski definition) is 2. The third kappa shape index (κ3) is 3.09. The lowest BCUT2D eigenvalue weighted by molar-refractivity contribution is 0.153. The van der Waals surface area contributed by atoms with Crippen LogP contribution < -0.4 is 0 Å². The van der Waals surface area contributed by atoms with Gasteiger partial charge in [-0.3, -0.25) is 0 Å². The molecule has 1 atom stereocenters. The summed E-state index contributed by atoms with van der Waals surface area (Å²) in [4.78, 5) is 0. The lowest BCUT2D eigenvalue weighted by atomic mass is 10.1. The summed E-state index contributed by atoms with van der Waals surface area (Å²) in [6, 6.07) is 2.04. The normalized spacial score (nSPS) is 17.6. The first kappa shape index (κ1) is 11.7. The van der Waals surface area contributed by atoms with Gasteiger partial charge in [0.15, 0.2) is 0 Å². The Hall–Kier alpha value is -0.800. The number of methoxy groups -OCH3 is 1. The largest absolute Gasteiger partial charge is 0.388 e. The Morgan fingerprint density at radius 1 is 1.50 bits per heavy atom. The smallest absolute Gasteiger partial charge is 0.0832 e. The summed E-state index contributed by atoms with van der Waals surface area (Å²) in [6.45, 7) is 1.85. The Balaban J connectivity index is 1.77. The Morgan fingerprint density at radius 3 is 3.00 bits per heavy atom. The van der Waals surface area contributed by atoms with Crippen molar-refractivity contribution in [1.82, 2.24) is 4.57 Å². The molecule has 3 heteroatoms. The third-order valence-electron chi connectivity index (χ3n) is 3.20. The maximum Gasteiger partial charge on any atom is 0.0832 e. The van der Waals surface area contributed by atoms with Gasteiger partial charge in [-0.2, -0.15) is 0 Å². The fourth-order valence-electron chi connectivity index (χ4n) is 2.00. The highest BCUT2D eigenvalue weighted by Crippen LogP contribution is 2.40. The molecule has 0 aliphatic heterocycles. The molecule has 16 heavy (non-hydrogen) atoms. The van der Waals surface area contributed by atoms with Crippen LogP contribution in [0.25, 0.3) is 0 Å². The summed E-state index contributed by atoms with van der Waals surface area (Å²) in [6.07, 6.45) is 8.49. The molecule has 0 radical (unpaired) electrons. The van der Waals surface area contributed by atoms with E-state index in [1.165, 1.54) is 12.8 Å². The molecule has 1 heterocycles. The first-order chi connectivity index (χ1) is 7.81. The minimum Gasteiger partial charge on any atom is -0.388 e. The SMILES string of the molecule is COCCCCn1ccc(C(O)C2CC2)c1. The number of hydrogen-bond donors (Lipinski definition) is 1. The van der Waals surface area contributed by atoms with Gasteiger partial charge in [0, 0.05) is 32.7 Å². The van der Waals surface area contributed by atoms with Crippen molar-refractivity contribution in [3.63, 3.8) is 0 Å². The molecule has 1 aliphatic rings. The van der Waals surface area contributed by atoms with Crippen molar-refractivity contribution < 1.29 is 9.84 Å². The van der Waals surface area contributed by atoms with Crippen molar-refractivity contribution in [2.45, 2.75) is 38.3 Å². The summed E-state index contributed by atoms with van der Waals surface area (Å²) in [5.74, 6) is 0.518. The van der Waals surface area contributed by atoms with E-state index >= 15 is 0 Å². The molecule has 0 saturated heterocycles. The van der Waals surface area contributed by atoms with E-state index in [1.807, 2.05) is 6.07 Å². The van der Waals surface area contributed by atoms with Crippen LogP contribution in [-0.4, -0.2) is 23.4 Å². The van der Waals surface area contributed by atoms with E-state index in [9.17, 15) is 5.11 Å². The highest BCUT2D eigenvalue weighted by Gasteiger charge is 2.30. The second-order valence-electron chi connectivity index (χ2n) is 4.66. The quantitative estimate of drug-likeness (QED) is 0.720. The number of rotatable bonds is 7. The van der Waals surface area contributed by atoms with E-state index in [2.05, 4.69) is 17.0 Å². The van der Waals surface area contributed by atoms with E-state index in [0.29, 0.717) is 5.92 Å². The molecule has 1 aromatic rings. The summed E-state index contributed by atoms with van der Waals surface area (Å²) in [5, 5.41) is 9.95. The van der Waals surface area contributed by atoms with Crippen molar-refractivity contribution in [3.8, 4) is 0 Å². The number of nitrogens with zero attached hydrogens (tertiary/aromatic N) is 1. The van der Waals surface area contributed by atoms with Crippen LogP contribution in [0.2, 0.25) is 0 Å². The van der Waals surface area contributed by atoms with E-state index in [0.717, 1.165) is 31.6 Å². The zero-order chi connectivity index (χ0) is 11.4. The van der Waals surface area contributed by atoms with Crippen LogP contribution in [0.4, 0.5) is 0 Å². The summed E-state index contributed by atoms with van der Waals surface area (Å²) in [5.41, 5.74) is 1.08. The number of aliphatic hydroxyl groups excluding tert-OH is 1. The molecule has 90 valence electrons. The molecule has 2 rings (SSSR count). The molecule has 0 spiro atoms. The van der Waals surface area contributed by atoms with E-state index in [4.69, 9.17) is 4.74 Å². The molecular formula is C13H21NO2. The molecule has 1 saturated carbocycles. The molecule has 3 nitrogen and oxygen atoms in total. The van der Waals surface area contributed by atoms with Gasteiger partial charge in [0.2, 0.25) is 0 Å². The topological polar surface area (TPSA) is 34.4 Å². The Kier molecular flexibility index (Phi) is 4.02. The van der Waals surface area contributed by atoms with Crippen LogP contribution in [0, 0.1) is 5.92 Å². The minimum absolute atomic E-state index is 0.236. The van der Waals surface area contributed by atoms with Crippen molar-refractivity contribution in [2.75, 3.05) is 13.7 Å². The van der Waals surface area contributed by atoms with Crippen molar-refractivity contribution in [3.05, 3.63) is 24.0 Å². The van der Waals surface area contributed by atoms with Crippen LogP contribution in [0.3, 0.4) is 0 Å². The van der Waals surface area contributed by atoms with Crippen LogP contribution in [-0.2, 0) is 11.3 Å². The Bertz CT molecular complexity index is 317. The zero-order valence-electron chi connectivity index (χ0n) is 9.93. The Morgan fingerprint density at radius 2 is 2.31 bits per heavy atom. The van der Waals surface area contributed by atoms with E-state index in [-0.39, 0.29) is 6.10 Å². The molecule has 1 N–H and O–H groups in total. The van der Waals surface area contributed by atoms with Crippen LogP contribution >= 0.6 is 0 Å². The summed E-state index contributed by atoms with van der Waals surface area (Å²) < 4.78 is 7.18. The fourth-order valence-corrected chi connectivity index (χ4v) is 2.00. The maximum absolute atomic E-state index is 9.95. The molecular weight excluding hydrogens is 202 g/mol. The third-order valence-corrected chi connectivity index (χ3v) is 3.20. The number of ether oxygens (including phenoxy) is 1. The van der Waals surface area contributed by atoms with Gasteiger partial charge in [-0.25, -0.2) is 0 Å². The number of aryl methyl sites for hydroxylation is 1. The van der Waals surface area contributed by atoms with Crippen LogP contribution in [0.1, 0.15) is 37.4 Å². The number of unbranched alkanes of at least 4 members (excludes halogenated alkanes) is 1. The maximum atomic E-state index is 9.95. The van der Waals surface area contributed by atoms with Gasteiger partial charge >= 0.3 is 0 Å². The van der Waals surface area contributed by atoms with Gasteiger partial charge in [-0.05, 0) is 43.2 Å². The second-order valence-corrected chi connectivity index (χ2v) is 4.66. The standard InChI is InChI=1S/C13H21NO2/c1-16-9-3-2-7-14-8-6-12(10-14)13(15)11-4-5-11/h6,8,10-11,13,15H,2-5,7,9H2,1H3. The monoisotopic (exact) mass is 223 g/mol. The summed E-state index contributed by atoms with van der Waals surface area (Å²) in [7, 11) is 1.74. The van der Waals surface area contributed by atoms with Gasteiger partial charge in [0.1, 0.15) is 0 Å². The van der Waals surface area contributed by atoms with Gasteiger partial charge in [0.25, 0.3) is 0 Å². The highest BCUT2D eigenvalue weighted by atomic mass is 16.5. The van der Waals surface area contributed by atoms with Gasteiger partial charge < -0.3 is 14.4 Å². The summed E-state index contributed by atoms with van der Waals surface area (Å²) >= 11 is 0. The minimum atomic E-state index is -0.236. The van der Waals surface area contributed by atoms with Crippen molar-refractivity contribution >= 4 is 0 Å². The molecule has 1 aromatic heterocycles. The van der Waals surface area contributed by atoms with Gasteiger partial charge in [-0.15, -0.1) is 0 Å². The predicted octanol–water partition coefficient (Wildman–Crippen LogP) is 2.36. The second kappa shape index (κ2) is 5.51. The van der Waals surface area contributed by atoms with Gasteiger partial charge in [-0.1, -0.05) is 0 Å². The molecule has 0 aromatic carbocycles. The lowest BCUT2D eigenvalue weighted by Crippen LogP contribution is -1.99. The number of aromatic nitrogens is 1. The number of aliphatic hydroxyl groups is 1. The highest BCUT2D eigenvalue weighted by molar-refractivity contribution is 5.15. The molecule has 0 amide bonds. The van der Waals surface area contributed by atoms with Crippen molar-refractivity contribution in [2.24, 2.45) is 5.92 Å². The predicted molar refractivity (Wildman–Crippen MR) is 63.2 cm³/mol. The van der Waals surface area contributed by atoms with Gasteiger partial charge in [0.05, 0.1) is 6.10 Å².